The fourth-order valence-electron chi connectivity index (χ4n) is 11.1. The van der Waals surface area contributed by atoms with Gasteiger partial charge in [0.05, 0.1) is 0 Å². The van der Waals surface area contributed by atoms with Crippen molar-refractivity contribution in [1.29, 1.82) is 0 Å². The maximum atomic E-state index is 13.0. The molecule has 1 unspecified atom stereocenters. The molecule has 0 aromatic carbocycles. The Labute approximate surface area is 511 Å². The molecule has 82 heavy (non-hydrogen) atoms. The lowest BCUT2D eigenvalue weighted by Gasteiger charge is -2.18. The highest BCUT2D eigenvalue weighted by atomic mass is 16.6. The van der Waals surface area contributed by atoms with Crippen LogP contribution in [0.25, 0.3) is 0 Å². The van der Waals surface area contributed by atoms with Crippen LogP contribution in [0.5, 0.6) is 0 Å². The summed E-state index contributed by atoms with van der Waals surface area (Å²) in [7, 11) is 0. The van der Waals surface area contributed by atoms with E-state index >= 15 is 0 Å². The Morgan fingerprint density at radius 1 is 0.256 bits per heavy atom. The van der Waals surface area contributed by atoms with Crippen LogP contribution in [0, 0.1) is 0 Å². The summed E-state index contributed by atoms with van der Waals surface area (Å²) in [5, 5.41) is 0. The van der Waals surface area contributed by atoms with E-state index in [1.165, 1.54) is 263 Å². The second-order valence-corrected chi connectivity index (χ2v) is 24.8. The Balaban J connectivity index is 4.25. The van der Waals surface area contributed by atoms with Crippen molar-refractivity contribution in [2.45, 2.75) is 406 Å². The molecule has 6 nitrogen and oxygen atoms in total. The molecule has 0 bridgehead atoms. The van der Waals surface area contributed by atoms with Gasteiger partial charge in [0, 0.05) is 19.3 Å². The number of carbonyl (C=O) groups excluding carboxylic acids is 3. The maximum absolute atomic E-state index is 13.0. The summed E-state index contributed by atoms with van der Waals surface area (Å²) in [6, 6.07) is 0. The van der Waals surface area contributed by atoms with E-state index in [1.807, 2.05) is 0 Å². The molecule has 6 heteroatoms. The van der Waals surface area contributed by atoms with Gasteiger partial charge in [-0.2, -0.15) is 0 Å². The third-order valence-corrected chi connectivity index (χ3v) is 16.6. The highest BCUT2D eigenvalue weighted by Crippen LogP contribution is 2.19. The molecule has 0 rings (SSSR count). The van der Waals surface area contributed by atoms with Gasteiger partial charge in [0.1, 0.15) is 13.2 Å². The van der Waals surface area contributed by atoms with Gasteiger partial charge in [-0.1, -0.05) is 352 Å². The molecule has 0 spiro atoms. The SMILES string of the molecule is CC/C=C\C/C=C\C/C=C\CCCCCCCC(=O)OCC(COC(=O)CCCCCCCCCCCCCCCCCCCCCCCCCCCC)OC(=O)CCCCCCCCCCCCC/C=C\CCCCCCCCCC. The van der Waals surface area contributed by atoms with Gasteiger partial charge in [-0.3, -0.25) is 14.4 Å². The Bertz CT molecular complexity index is 1410. The van der Waals surface area contributed by atoms with Crippen molar-refractivity contribution in [3.63, 3.8) is 0 Å². The fourth-order valence-corrected chi connectivity index (χ4v) is 11.1. The summed E-state index contributed by atoms with van der Waals surface area (Å²) in [6.07, 6.45) is 90.1. The van der Waals surface area contributed by atoms with Crippen molar-refractivity contribution in [1.82, 2.24) is 0 Å². The van der Waals surface area contributed by atoms with Crippen LogP contribution in [0.3, 0.4) is 0 Å². The molecule has 0 saturated heterocycles. The van der Waals surface area contributed by atoms with Crippen LogP contribution in [-0.4, -0.2) is 37.2 Å². The molecule has 0 aromatic heterocycles. The number of hydrogen-bond acceptors (Lipinski definition) is 6. The van der Waals surface area contributed by atoms with E-state index in [4.69, 9.17) is 14.2 Å². The molecule has 0 N–H and O–H groups in total. The van der Waals surface area contributed by atoms with Gasteiger partial charge in [-0.25, -0.2) is 0 Å². The van der Waals surface area contributed by atoms with Gasteiger partial charge in [-0.15, -0.1) is 0 Å². The van der Waals surface area contributed by atoms with Crippen LogP contribution in [0.1, 0.15) is 400 Å². The van der Waals surface area contributed by atoms with Gasteiger partial charge in [0.25, 0.3) is 0 Å². The van der Waals surface area contributed by atoms with Crippen LogP contribution < -0.4 is 0 Å². The normalized spacial score (nSPS) is 12.3. The second-order valence-electron chi connectivity index (χ2n) is 24.8. The van der Waals surface area contributed by atoms with E-state index in [2.05, 4.69) is 69.4 Å². The minimum atomic E-state index is -0.781. The quantitative estimate of drug-likeness (QED) is 0.0261. The first kappa shape index (κ1) is 79.4. The van der Waals surface area contributed by atoms with Gasteiger partial charge in [0.2, 0.25) is 0 Å². The largest absolute Gasteiger partial charge is 0.462 e. The standard InChI is InChI=1S/C76H140O6/c1-4-7-10-13-16-19-22-25-28-30-32-34-36-37-38-40-41-43-45-48-51-54-57-60-63-66-69-75(78)81-72-73(71-80-74(77)68-65-62-59-56-53-50-47-27-24-21-18-15-12-9-6-3)82-76(79)70-67-64-61-58-55-52-49-46-44-42-39-35-33-31-29-26-23-20-17-14-11-8-5-2/h9,12,18,21,27,31,33,47,73H,4-8,10-11,13-17,19-20,22-26,28-30,32,34-46,48-72H2,1-3H3/b12-9-,21-18-,33-31-,47-27-. The van der Waals surface area contributed by atoms with Crippen LogP contribution in [0.4, 0.5) is 0 Å². The minimum Gasteiger partial charge on any atom is -0.462 e. The van der Waals surface area contributed by atoms with Gasteiger partial charge in [0.15, 0.2) is 6.10 Å². The molecular weight excluding hydrogens is 1010 g/mol. The van der Waals surface area contributed by atoms with Crippen LogP contribution >= 0.6 is 0 Å². The molecule has 0 amide bonds. The van der Waals surface area contributed by atoms with Crippen LogP contribution in [-0.2, 0) is 28.6 Å². The lowest BCUT2D eigenvalue weighted by molar-refractivity contribution is -0.167. The summed E-state index contributed by atoms with van der Waals surface area (Å²) >= 11 is 0. The summed E-state index contributed by atoms with van der Waals surface area (Å²) < 4.78 is 17.0. The van der Waals surface area contributed by atoms with Gasteiger partial charge in [-0.05, 0) is 77.0 Å². The Morgan fingerprint density at radius 2 is 0.476 bits per heavy atom. The van der Waals surface area contributed by atoms with E-state index in [0.717, 1.165) is 96.3 Å². The lowest BCUT2D eigenvalue weighted by Crippen LogP contribution is -2.30. The van der Waals surface area contributed by atoms with Crippen molar-refractivity contribution < 1.29 is 28.6 Å². The van der Waals surface area contributed by atoms with Crippen molar-refractivity contribution in [2.75, 3.05) is 13.2 Å². The van der Waals surface area contributed by atoms with Crippen molar-refractivity contribution in [2.24, 2.45) is 0 Å². The third kappa shape index (κ3) is 68.2. The molecular formula is C76H140O6. The molecule has 0 aliphatic heterocycles. The molecule has 0 heterocycles. The van der Waals surface area contributed by atoms with E-state index in [-0.39, 0.29) is 31.1 Å². The van der Waals surface area contributed by atoms with E-state index in [9.17, 15) is 14.4 Å². The third-order valence-electron chi connectivity index (χ3n) is 16.6. The number of allylic oxidation sites excluding steroid dienone is 8. The lowest BCUT2D eigenvalue weighted by atomic mass is 10.0. The molecule has 1 atom stereocenters. The monoisotopic (exact) mass is 1150 g/mol. The Kier molecular flexibility index (Phi) is 68.6. The smallest absolute Gasteiger partial charge is 0.306 e. The first-order valence-corrected chi connectivity index (χ1v) is 36.6. The number of esters is 3. The average Bonchev–Trinajstić information content (AvgIpc) is 3.47. The van der Waals surface area contributed by atoms with E-state index < -0.39 is 6.10 Å². The number of rotatable bonds is 68. The average molecular weight is 1150 g/mol. The molecule has 0 aliphatic rings. The first-order chi connectivity index (χ1) is 40.5. The van der Waals surface area contributed by atoms with Crippen molar-refractivity contribution in [3.05, 3.63) is 48.6 Å². The fraction of sp³-hybridized carbons (Fsp3) is 0.855. The van der Waals surface area contributed by atoms with Crippen LogP contribution in [0.2, 0.25) is 0 Å². The van der Waals surface area contributed by atoms with Gasteiger partial charge >= 0.3 is 17.9 Å². The number of carbonyl (C=O) groups is 3. The molecule has 0 aliphatic carbocycles. The van der Waals surface area contributed by atoms with Gasteiger partial charge < -0.3 is 14.2 Å². The Morgan fingerprint density at radius 3 is 0.756 bits per heavy atom. The zero-order valence-corrected chi connectivity index (χ0v) is 55.3. The number of hydrogen-bond donors (Lipinski definition) is 0. The number of ether oxygens (including phenoxy) is 3. The highest BCUT2D eigenvalue weighted by Gasteiger charge is 2.19. The number of unbranched alkanes of at least 4 members (excludes halogenated alkanes) is 49. The zero-order chi connectivity index (χ0) is 59.2. The molecule has 0 saturated carbocycles. The summed E-state index contributed by atoms with van der Waals surface area (Å²) in [5.41, 5.74) is 0. The zero-order valence-electron chi connectivity index (χ0n) is 55.3. The minimum absolute atomic E-state index is 0.0746. The summed E-state index contributed by atoms with van der Waals surface area (Å²) in [5.74, 6) is -0.865. The molecule has 0 aromatic rings. The van der Waals surface area contributed by atoms with Crippen LogP contribution in [0.15, 0.2) is 48.6 Å². The molecule has 0 fully saturated rings. The maximum Gasteiger partial charge on any atom is 0.306 e. The summed E-state index contributed by atoms with van der Waals surface area (Å²) in [6.45, 7) is 6.59. The predicted molar refractivity (Wildman–Crippen MR) is 358 cm³/mol. The van der Waals surface area contributed by atoms with Crippen molar-refractivity contribution >= 4 is 17.9 Å². The molecule has 0 radical (unpaired) electrons. The van der Waals surface area contributed by atoms with Crippen molar-refractivity contribution in [3.8, 4) is 0 Å². The first-order valence-electron chi connectivity index (χ1n) is 36.6. The Hall–Kier alpha value is -2.63. The predicted octanol–water partition coefficient (Wildman–Crippen LogP) is 25.3. The van der Waals surface area contributed by atoms with E-state index in [0.29, 0.717) is 19.3 Å². The van der Waals surface area contributed by atoms with E-state index in [1.54, 1.807) is 0 Å². The second kappa shape index (κ2) is 70.9. The molecule has 480 valence electrons. The summed E-state index contributed by atoms with van der Waals surface area (Å²) in [4.78, 5) is 38.5. The topological polar surface area (TPSA) is 78.9 Å². The highest BCUT2D eigenvalue weighted by molar-refractivity contribution is 5.71.